The maximum Gasteiger partial charge on any atom is 0.419 e. The summed E-state index contributed by atoms with van der Waals surface area (Å²) in [5.74, 6) is -0.680. The molecule has 5 rings (SSSR count). The normalized spacial score (nSPS) is 23.9. The Morgan fingerprint density at radius 2 is 1.97 bits per heavy atom. The van der Waals surface area contributed by atoms with Gasteiger partial charge in [0.15, 0.2) is 5.69 Å². The second-order valence-corrected chi connectivity index (χ2v) is 9.22. The number of piperazine rings is 1. The van der Waals surface area contributed by atoms with E-state index in [1.54, 1.807) is 19.1 Å². The van der Waals surface area contributed by atoms with Crippen LogP contribution in [-0.4, -0.2) is 27.2 Å². The van der Waals surface area contributed by atoms with Gasteiger partial charge in [0.05, 0.1) is 17.4 Å². The van der Waals surface area contributed by atoms with Crippen LogP contribution in [0, 0.1) is 24.1 Å². The highest BCUT2D eigenvalue weighted by molar-refractivity contribution is 8.08. The third-order valence-electron chi connectivity index (χ3n) is 6.21. The summed E-state index contributed by atoms with van der Waals surface area (Å²) in [5, 5.41) is 8.40. The Morgan fingerprint density at radius 1 is 1.23 bits per heavy atom. The number of amides is 1. The molecule has 10 heteroatoms. The van der Waals surface area contributed by atoms with Crippen molar-refractivity contribution < 1.29 is 22.4 Å². The number of nitriles is 1. The molecule has 1 aromatic carbocycles. The van der Waals surface area contributed by atoms with E-state index < -0.39 is 28.3 Å². The van der Waals surface area contributed by atoms with Crippen molar-refractivity contribution in [2.24, 2.45) is 0 Å². The van der Waals surface area contributed by atoms with Gasteiger partial charge >= 0.3 is 6.18 Å². The van der Waals surface area contributed by atoms with E-state index in [4.69, 9.17) is 5.26 Å². The lowest BCUT2D eigenvalue weighted by molar-refractivity contribution is -0.138. The molecular formula is C21H16F4N4OS. The number of rotatable bonds is 2. The molecule has 3 heterocycles. The molecule has 3 fully saturated rings. The maximum atomic E-state index is 14.2. The van der Waals surface area contributed by atoms with Crippen LogP contribution >= 0.6 is 11.8 Å². The van der Waals surface area contributed by atoms with E-state index in [9.17, 15) is 22.4 Å². The zero-order chi connectivity index (χ0) is 22.1. The van der Waals surface area contributed by atoms with Gasteiger partial charge < -0.3 is 4.90 Å². The van der Waals surface area contributed by atoms with E-state index in [0.717, 1.165) is 18.7 Å². The van der Waals surface area contributed by atoms with Gasteiger partial charge in [0.1, 0.15) is 28.2 Å². The van der Waals surface area contributed by atoms with E-state index in [0.29, 0.717) is 24.1 Å². The van der Waals surface area contributed by atoms with Crippen molar-refractivity contribution in [3.8, 4) is 6.07 Å². The van der Waals surface area contributed by atoms with Crippen molar-refractivity contribution in [2.45, 2.75) is 48.6 Å². The fraction of sp³-hybridized carbons (Fsp3) is 0.381. The third kappa shape index (κ3) is 2.90. The fourth-order valence-electron chi connectivity index (χ4n) is 4.41. The van der Waals surface area contributed by atoms with Gasteiger partial charge in [-0.3, -0.25) is 9.69 Å². The lowest BCUT2D eigenvalue weighted by Gasteiger charge is -2.54. The van der Waals surface area contributed by atoms with E-state index in [2.05, 4.69) is 4.98 Å². The van der Waals surface area contributed by atoms with E-state index in [1.807, 2.05) is 4.90 Å². The van der Waals surface area contributed by atoms with Crippen LogP contribution in [0.4, 0.5) is 28.9 Å². The first-order valence-corrected chi connectivity index (χ1v) is 10.6. The molecule has 1 amide bonds. The summed E-state index contributed by atoms with van der Waals surface area (Å²) in [6.07, 6.45) is -1.74. The minimum absolute atomic E-state index is 0.0253. The Morgan fingerprint density at radius 3 is 2.55 bits per heavy atom. The highest BCUT2D eigenvalue weighted by Crippen LogP contribution is 2.59. The number of hydrogen-bond donors (Lipinski definition) is 0. The number of fused-ring (bicyclic) bond motifs is 1. The van der Waals surface area contributed by atoms with Crippen LogP contribution in [0.15, 0.2) is 30.5 Å². The summed E-state index contributed by atoms with van der Waals surface area (Å²) >= 11 is 1.43. The van der Waals surface area contributed by atoms with Gasteiger partial charge in [0.25, 0.3) is 5.91 Å². The van der Waals surface area contributed by atoms with Gasteiger partial charge in [-0.15, -0.1) is 11.8 Å². The Balaban J connectivity index is 1.57. The standard InChI is InChI=1S/C21H16F4N4OS/c1-11-3-4-12(8-15(11)22)29-18-17(31-18)28(19(30)20(29)5-2-6-20)13-7-14(21(23,24)25)16(9-26)27-10-13/h3-4,7-8,10,17-18H,2,5-6H2,1H3. The second kappa shape index (κ2) is 6.60. The largest absolute Gasteiger partial charge is 0.419 e. The summed E-state index contributed by atoms with van der Waals surface area (Å²) in [5.41, 5.74) is -1.68. The molecule has 0 bridgehead atoms. The molecule has 1 saturated carbocycles. The molecule has 5 nitrogen and oxygen atoms in total. The van der Waals surface area contributed by atoms with E-state index >= 15 is 0 Å². The summed E-state index contributed by atoms with van der Waals surface area (Å²) in [6.45, 7) is 1.66. The number of halogens is 4. The first-order valence-electron chi connectivity index (χ1n) is 9.69. The zero-order valence-corrected chi connectivity index (χ0v) is 17.1. The van der Waals surface area contributed by atoms with Crippen molar-refractivity contribution in [3.05, 3.63) is 53.1 Å². The Kier molecular flexibility index (Phi) is 4.28. The van der Waals surface area contributed by atoms with Gasteiger partial charge in [-0.05, 0) is 49.9 Å². The number of anilines is 2. The highest BCUT2D eigenvalue weighted by atomic mass is 32.2. The summed E-state index contributed by atoms with van der Waals surface area (Å²) in [6, 6.07) is 7.14. The summed E-state index contributed by atoms with van der Waals surface area (Å²) < 4.78 is 54.5. The van der Waals surface area contributed by atoms with Crippen LogP contribution < -0.4 is 9.80 Å². The molecule has 3 aliphatic rings. The lowest BCUT2D eigenvalue weighted by Crippen LogP contribution is -2.69. The first-order chi connectivity index (χ1) is 14.7. The van der Waals surface area contributed by atoms with E-state index in [-0.39, 0.29) is 22.8 Å². The van der Waals surface area contributed by atoms with Crippen LogP contribution in [0.3, 0.4) is 0 Å². The molecule has 2 aliphatic heterocycles. The molecule has 160 valence electrons. The van der Waals surface area contributed by atoms with Gasteiger partial charge in [-0.2, -0.15) is 18.4 Å². The number of pyridine rings is 1. The molecule has 2 aromatic rings. The van der Waals surface area contributed by atoms with Gasteiger partial charge in [0, 0.05) is 5.69 Å². The number of aromatic nitrogens is 1. The van der Waals surface area contributed by atoms with Gasteiger partial charge in [0.2, 0.25) is 0 Å². The number of thioether (sulfide) groups is 1. The molecule has 2 unspecified atom stereocenters. The molecular weight excluding hydrogens is 432 g/mol. The number of carbonyl (C=O) groups excluding carboxylic acids is 1. The topological polar surface area (TPSA) is 60.2 Å². The van der Waals surface area contributed by atoms with Crippen molar-refractivity contribution in [1.29, 1.82) is 5.26 Å². The predicted octanol–water partition coefficient (Wildman–Crippen LogP) is 4.59. The minimum Gasteiger partial charge on any atom is -0.342 e. The smallest absolute Gasteiger partial charge is 0.342 e. The van der Waals surface area contributed by atoms with E-state index in [1.165, 1.54) is 28.8 Å². The van der Waals surface area contributed by atoms with Crippen LogP contribution in [0.2, 0.25) is 0 Å². The highest BCUT2D eigenvalue weighted by Gasteiger charge is 2.66. The molecule has 0 N–H and O–H groups in total. The SMILES string of the molecule is Cc1ccc(N2C3SC3N(c3cnc(C#N)c(C(F)(F)F)c3)C(=O)C23CCC3)cc1F. The average Bonchev–Trinajstić information content (AvgIpc) is 3.46. The van der Waals surface area contributed by atoms with Crippen molar-refractivity contribution >= 4 is 29.0 Å². The maximum absolute atomic E-state index is 14.2. The molecule has 1 aromatic heterocycles. The molecule has 1 aliphatic carbocycles. The Bertz CT molecular complexity index is 1140. The lowest BCUT2D eigenvalue weighted by atomic mass is 9.72. The second-order valence-electron chi connectivity index (χ2n) is 7.98. The molecule has 0 radical (unpaired) electrons. The fourth-order valence-corrected chi connectivity index (χ4v) is 5.63. The van der Waals surface area contributed by atoms with Crippen molar-refractivity contribution in [1.82, 2.24) is 4.98 Å². The van der Waals surface area contributed by atoms with Crippen LogP contribution in [0.25, 0.3) is 0 Å². The Labute approximate surface area is 179 Å². The van der Waals surface area contributed by atoms with Crippen LogP contribution in [0.5, 0.6) is 0 Å². The molecule has 2 saturated heterocycles. The minimum atomic E-state index is -4.76. The quantitative estimate of drug-likeness (QED) is 0.497. The first kappa shape index (κ1) is 20.1. The van der Waals surface area contributed by atoms with Crippen LogP contribution in [-0.2, 0) is 11.0 Å². The number of nitrogens with zero attached hydrogens (tertiary/aromatic N) is 4. The number of alkyl halides is 3. The zero-order valence-electron chi connectivity index (χ0n) is 16.3. The molecule has 1 spiro atoms. The number of aryl methyl sites for hydroxylation is 1. The van der Waals surface area contributed by atoms with Crippen molar-refractivity contribution in [2.75, 3.05) is 9.80 Å². The summed E-state index contributed by atoms with van der Waals surface area (Å²) in [7, 11) is 0. The summed E-state index contributed by atoms with van der Waals surface area (Å²) in [4.78, 5) is 20.6. The monoisotopic (exact) mass is 448 g/mol. The molecule has 2 atom stereocenters. The van der Waals surface area contributed by atoms with Gasteiger partial charge in [-0.25, -0.2) is 9.37 Å². The number of carbonyl (C=O) groups is 1. The Hall–Kier alpha value is -2.80. The number of benzene rings is 1. The van der Waals surface area contributed by atoms with Crippen LogP contribution in [0.1, 0.15) is 36.1 Å². The third-order valence-corrected chi connectivity index (χ3v) is 7.39. The molecule has 31 heavy (non-hydrogen) atoms. The van der Waals surface area contributed by atoms with Gasteiger partial charge in [-0.1, -0.05) is 6.07 Å². The average molecular weight is 448 g/mol. The van der Waals surface area contributed by atoms with Crippen molar-refractivity contribution in [3.63, 3.8) is 0 Å². The predicted molar refractivity (Wildman–Crippen MR) is 107 cm³/mol. The number of hydrogen-bond acceptors (Lipinski definition) is 5.